The quantitative estimate of drug-likeness (QED) is 0.374. The summed E-state index contributed by atoms with van der Waals surface area (Å²) in [5.41, 5.74) is 1.72. The van der Waals surface area contributed by atoms with Crippen molar-refractivity contribution in [3.8, 4) is 5.75 Å². The van der Waals surface area contributed by atoms with Crippen molar-refractivity contribution in [2.24, 2.45) is 0 Å². The molecule has 31 heavy (non-hydrogen) atoms. The van der Waals surface area contributed by atoms with Gasteiger partial charge in [-0.2, -0.15) is 0 Å². The summed E-state index contributed by atoms with van der Waals surface area (Å²) in [6.07, 6.45) is -10.1. The smallest absolute Gasteiger partial charge is 0.306 e. The van der Waals surface area contributed by atoms with Crippen LogP contribution in [0.3, 0.4) is 0 Å². The maximum Gasteiger partial charge on any atom is 0.306 e. The summed E-state index contributed by atoms with van der Waals surface area (Å²) in [5.74, 6) is -0.497. The maximum atomic E-state index is 12.4. The fourth-order valence-electron chi connectivity index (χ4n) is 3.78. The van der Waals surface area contributed by atoms with Crippen molar-refractivity contribution >= 4 is 5.97 Å². The van der Waals surface area contributed by atoms with Crippen LogP contribution in [0.4, 0.5) is 0 Å². The normalized spacial score (nSPS) is 29.6. The van der Waals surface area contributed by atoms with Crippen LogP contribution in [0.1, 0.15) is 64.7 Å². The van der Waals surface area contributed by atoms with Gasteiger partial charge in [0.15, 0.2) is 6.10 Å². The van der Waals surface area contributed by atoms with Gasteiger partial charge in [0.25, 0.3) is 0 Å². The van der Waals surface area contributed by atoms with Crippen molar-refractivity contribution in [3.63, 3.8) is 0 Å². The van der Waals surface area contributed by atoms with E-state index in [4.69, 9.17) is 4.74 Å². The van der Waals surface area contributed by atoms with Gasteiger partial charge in [-0.25, -0.2) is 0 Å². The second-order valence-electron chi connectivity index (χ2n) is 10.4. The van der Waals surface area contributed by atoms with E-state index in [0.717, 1.165) is 16.7 Å². The van der Waals surface area contributed by atoms with Gasteiger partial charge < -0.3 is 35.4 Å². The minimum atomic E-state index is -1.75. The Bertz CT molecular complexity index is 741. The van der Waals surface area contributed by atoms with Gasteiger partial charge in [0.1, 0.15) is 36.3 Å². The van der Waals surface area contributed by atoms with Gasteiger partial charge in [0, 0.05) is 6.42 Å². The number of carbonyl (C=O) groups is 1. The number of aliphatic hydroxyl groups is 5. The highest BCUT2D eigenvalue weighted by Crippen LogP contribution is 2.40. The number of phenolic OH excluding ortho intramolecular Hbond substituents is 1. The highest BCUT2D eigenvalue weighted by molar-refractivity contribution is 5.70. The summed E-state index contributed by atoms with van der Waals surface area (Å²) in [4.78, 5) is 12.4. The van der Waals surface area contributed by atoms with Crippen LogP contribution in [0, 0.1) is 0 Å². The highest BCUT2D eigenvalue weighted by atomic mass is 16.6. The summed E-state index contributed by atoms with van der Waals surface area (Å²) in [6.45, 7) is 11.9. The zero-order chi connectivity index (χ0) is 23.9. The molecule has 8 heteroatoms. The van der Waals surface area contributed by atoms with Crippen LogP contribution in [-0.2, 0) is 26.8 Å². The molecule has 0 spiro atoms. The number of phenols is 1. The predicted octanol–water partition coefficient (Wildman–Crippen LogP) is 0.650. The molecule has 0 saturated heterocycles. The first kappa shape index (κ1) is 25.5. The summed E-state index contributed by atoms with van der Waals surface area (Å²) in [5, 5.41) is 60.0. The molecule has 1 aromatic rings. The molecule has 0 aromatic heterocycles. The molecule has 176 valence electrons. The van der Waals surface area contributed by atoms with Crippen LogP contribution in [0.25, 0.3) is 0 Å². The molecule has 1 aliphatic carbocycles. The third-order valence-corrected chi connectivity index (χ3v) is 5.74. The summed E-state index contributed by atoms with van der Waals surface area (Å²) in [6, 6.07) is 3.71. The molecule has 2 rings (SSSR count). The zero-order valence-electron chi connectivity index (χ0n) is 19.0. The molecule has 6 atom stereocenters. The number of aliphatic hydroxyl groups excluding tert-OH is 5. The largest absolute Gasteiger partial charge is 0.507 e. The maximum absolute atomic E-state index is 12.4. The Kier molecular flexibility index (Phi) is 7.45. The SMILES string of the molecule is CC(C)(C)c1cc(CCC(=O)OC2C(O)C(O)C(O)C(O)[C@H]2O)cc(C(C)(C)C)c1O. The molecule has 0 amide bonds. The van der Waals surface area contributed by atoms with Gasteiger partial charge in [-0.3, -0.25) is 4.79 Å². The Morgan fingerprint density at radius 1 is 0.806 bits per heavy atom. The van der Waals surface area contributed by atoms with Crippen LogP contribution < -0.4 is 0 Å². The topological polar surface area (TPSA) is 148 Å². The van der Waals surface area contributed by atoms with Crippen LogP contribution in [0.15, 0.2) is 12.1 Å². The Hall–Kier alpha value is -1.71. The molecule has 0 heterocycles. The van der Waals surface area contributed by atoms with E-state index in [1.54, 1.807) is 0 Å². The fourth-order valence-corrected chi connectivity index (χ4v) is 3.78. The average molecular weight is 441 g/mol. The lowest BCUT2D eigenvalue weighted by Crippen LogP contribution is -2.64. The van der Waals surface area contributed by atoms with Crippen molar-refractivity contribution < 1.29 is 40.2 Å². The monoisotopic (exact) mass is 440 g/mol. The van der Waals surface area contributed by atoms with E-state index in [0.29, 0.717) is 0 Å². The predicted molar refractivity (Wildman–Crippen MR) is 114 cm³/mol. The Balaban J connectivity index is 2.18. The van der Waals surface area contributed by atoms with Gasteiger partial charge in [-0.15, -0.1) is 0 Å². The second kappa shape index (κ2) is 9.03. The fraction of sp³-hybridized carbons (Fsp3) is 0.696. The lowest BCUT2D eigenvalue weighted by molar-refractivity contribution is -0.233. The lowest BCUT2D eigenvalue weighted by atomic mass is 9.78. The molecule has 0 aliphatic heterocycles. The molecule has 5 unspecified atom stereocenters. The highest BCUT2D eigenvalue weighted by Gasteiger charge is 2.50. The second-order valence-corrected chi connectivity index (χ2v) is 10.4. The summed E-state index contributed by atoms with van der Waals surface area (Å²) in [7, 11) is 0. The lowest BCUT2D eigenvalue weighted by Gasteiger charge is -2.41. The molecule has 8 nitrogen and oxygen atoms in total. The van der Waals surface area contributed by atoms with Gasteiger partial charge >= 0.3 is 5.97 Å². The number of carbonyl (C=O) groups excluding carboxylic acids is 1. The first-order valence-corrected chi connectivity index (χ1v) is 10.5. The van der Waals surface area contributed by atoms with E-state index in [-0.39, 0.29) is 29.4 Å². The summed E-state index contributed by atoms with van der Waals surface area (Å²) < 4.78 is 5.13. The van der Waals surface area contributed by atoms with Gasteiger partial charge in [0.2, 0.25) is 0 Å². The van der Waals surface area contributed by atoms with Crippen molar-refractivity contribution in [2.75, 3.05) is 0 Å². The molecule has 1 fully saturated rings. The number of ether oxygens (including phenoxy) is 1. The number of benzene rings is 1. The van der Waals surface area contributed by atoms with Crippen molar-refractivity contribution in [1.29, 1.82) is 0 Å². The van der Waals surface area contributed by atoms with E-state index >= 15 is 0 Å². The molecule has 1 saturated carbocycles. The number of rotatable bonds is 4. The first-order chi connectivity index (χ1) is 14.1. The van der Waals surface area contributed by atoms with Crippen molar-refractivity contribution in [3.05, 3.63) is 28.8 Å². The van der Waals surface area contributed by atoms with Crippen LogP contribution >= 0.6 is 0 Å². The molecule has 6 N–H and O–H groups in total. The molecule has 1 aromatic carbocycles. The van der Waals surface area contributed by atoms with Crippen LogP contribution in [0.2, 0.25) is 0 Å². The molecular formula is C23H36O8. The number of aromatic hydroxyl groups is 1. The number of esters is 1. The third-order valence-electron chi connectivity index (χ3n) is 5.74. The minimum Gasteiger partial charge on any atom is -0.507 e. The molecule has 0 radical (unpaired) electrons. The van der Waals surface area contributed by atoms with E-state index < -0.39 is 42.6 Å². The third kappa shape index (κ3) is 5.56. The Morgan fingerprint density at radius 3 is 1.58 bits per heavy atom. The molecular weight excluding hydrogens is 404 g/mol. The number of aryl methyl sites for hydroxylation is 1. The van der Waals surface area contributed by atoms with Gasteiger partial charge in [-0.1, -0.05) is 53.7 Å². The van der Waals surface area contributed by atoms with E-state index in [9.17, 15) is 35.4 Å². The number of hydrogen-bond donors (Lipinski definition) is 6. The average Bonchev–Trinajstić information content (AvgIpc) is 2.65. The van der Waals surface area contributed by atoms with Gasteiger partial charge in [-0.05, 0) is 33.9 Å². The van der Waals surface area contributed by atoms with Gasteiger partial charge in [0.05, 0.1) is 0 Å². The van der Waals surface area contributed by atoms with Crippen LogP contribution in [0.5, 0.6) is 5.75 Å². The molecule has 0 bridgehead atoms. The standard InChI is InChI=1S/C23H36O8/c1-22(2,3)12-9-11(10-13(15(12)25)23(4,5)6)7-8-14(24)31-21-19(29)17(27)16(26)18(28)20(21)30/h9-10,16-21,25-30H,7-8H2,1-6H3/t16?,17?,18?,19-,20?,21?/m1/s1. The minimum absolute atomic E-state index is 0.0807. The number of hydrogen-bond acceptors (Lipinski definition) is 8. The Labute approximate surface area is 183 Å². The van der Waals surface area contributed by atoms with E-state index in [2.05, 4.69) is 0 Å². The Morgan fingerprint density at radius 2 is 1.19 bits per heavy atom. The van der Waals surface area contributed by atoms with Crippen LogP contribution in [-0.4, -0.2) is 73.2 Å². The van der Waals surface area contributed by atoms with Crippen molar-refractivity contribution in [2.45, 2.75) is 102 Å². The van der Waals surface area contributed by atoms with E-state index in [1.165, 1.54) is 0 Å². The first-order valence-electron chi connectivity index (χ1n) is 10.5. The van der Waals surface area contributed by atoms with E-state index in [1.807, 2.05) is 53.7 Å². The van der Waals surface area contributed by atoms with Crippen molar-refractivity contribution in [1.82, 2.24) is 0 Å². The summed E-state index contributed by atoms with van der Waals surface area (Å²) >= 11 is 0. The molecule has 1 aliphatic rings. The zero-order valence-corrected chi connectivity index (χ0v) is 19.0.